The Labute approximate surface area is 116 Å². The van der Waals surface area contributed by atoms with E-state index in [4.69, 9.17) is 5.73 Å². The van der Waals surface area contributed by atoms with Crippen LogP contribution in [-0.2, 0) is 17.6 Å². The number of hydrogen-bond acceptors (Lipinski definition) is 4. The van der Waals surface area contributed by atoms with Crippen molar-refractivity contribution in [1.82, 2.24) is 10.3 Å². The Morgan fingerprint density at radius 2 is 2.16 bits per heavy atom. The van der Waals surface area contributed by atoms with Gasteiger partial charge in [0.15, 0.2) is 5.13 Å². The molecule has 2 rings (SSSR count). The van der Waals surface area contributed by atoms with Gasteiger partial charge in [-0.3, -0.25) is 4.79 Å². The third-order valence-electron chi connectivity index (χ3n) is 2.70. The van der Waals surface area contributed by atoms with Gasteiger partial charge in [-0.25, -0.2) is 4.98 Å². The smallest absolute Gasteiger partial charge is 0.226 e. The first-order valence-corrected chi connectivity index (χ1v) is 7.04. The fourth-order valence-corrected chi connectivity index (χ4v) is 2.48. The molecule has 1 amide bonds. The van der Waals surface area contributed by atoms with Crippen LogP contribution >= 0.6 is 11.3 Å². The van der Waals surface area contributed by atoms with Crippen LogP contribution in [0, 0.1) is 0 Å². The number of aromatic nitrogens is 1. The monoisotopic (exact) mass is 275 g/mol. The second-order valence-corrected chi connectivity index (χ2v) is 5.40. The molecule has 19 heavy (non-hydrogen) atoms. The Morgan fingerprint density at radius 3 is 2.79 bits per heavy atom. The predicted octanol–water partition coefficient (Wildman–Crippen LogP) is 2.02. The lowest BCUT2D eigenvalue weighted by atomic mass is 10.1. The van der Waals surface area contributed by atoms with E-state index >= 15 is 0 Å². The molecule has 0 aliphatic rings. The molecule has 100 valence electrons. The maximum atomic E-state index is 11.8. The summed E-state index contributed by atoms with van der Waals surface area (Å²) in [4.78, 5) is 15.9. The van der Waals surface area contributed by atoms with Gasteiger partial charge in [0.2, 0.25) is 5.91 Å². The zero-order valence-electron chi connectivity index (χ0n) is 10.8. The van der Waals surface area contributed by atoms with Crippen LogP contribution in [-0.4, -0.2) is 16.9 Å². The minimum Gasteiger partial charge on any atom is -0.375 e. The number of hydrogen-bond donors (Lipinski definition) is 2. The first kappa shape index (κ1) is 13.5. The fourth-order valence-electron chi connectivity index (χ4n) is 1.91. The molecule has 1 aromatic carbocycles. The zero-order chi connectivity index (χ0) is 13.7. The van der Waals surface area contributed by atoms with Gasteiger partial charge in [0.05, 0.1) is 12.1 Å². The Hall–Kier alpha value is -1.88. The zero-order valence-corrected chi connectivity index (χ0v) is 11.6. The number of nitrogens with two attached hydrogens (primary N) is 1. The van der Waals surface area contributed by atoms with E-state index < -0.39 is 0 Å². The summed E-state index contributed by atoms with van der Waals surface area (Å²) in [5.41, 5.74) is 7.48. The molecule has 1 unspecified atom stereocenters. The lowest BCUT2D eigenvalue weighted by molar-refractivity contribution is -0.121. The summed E-state index contributed by atoms with van der Waals surface area (Å²) in [7, 11) is 0. The molecule has 0 bridgehead atoms. The largest absolute Gasteiger partial charge is 0.375 e. The van der Waals surface area contributed by atoms with Gasteiger partial charge in [0, 0.05) is 11.4 Å². The number of rotatable bonds is 5. The van der Waals surface area contributed by atoms with Gasteiger partial charge >= 0.3 is 0 Å². The predicted molar refractivity (Wildman–Crippen MR) is 78.0 cm³/mol. The lowest BCUT2D eigenvalue weighted by Crippen LogP contribution is -2.35. The van der Waals surface area contributed by atoms with Crippen molar-refractivity contribution >= 4 is 22.4 Å². The van der Waals surface area contributed by atoms with E-state index in [9.17, 15) is 4.79 Å². The average molecular weight is 275 g/mol. The second kappa shape index (κ2) is 6.33. The summed E-state index contributed by atoms with van der Waals surface area (Å²) >= 11 is 1.35. The van der Waals surface area contributed by atoms with E-state index in [0.717, 1.165) is 12.1 Å². The van der Waals surface area contributed by atoms with Gasteiger partial charge in [-0.05, 0) is 18.9 Å². The first-order valence-electron chi connectivity index (χ1n) is 6.16. The normalized spacial score (nSPS) is 12.1. The molecule has 3 N–H and O–H groups in total. The quantitative estimate of drug-likeness (QED) is 0.877. The topological polar surface area (TPSA) is 68.0 Å². The van der Waals surface area contributed by atoms with Crippen LogP contribution in [0.5, 0.6) is 0 Å². The molecule has 0 aliphatic carbocycles. The van der Waals surface area contributed by atoms with Crippen molar-refractivity contribution in [1.29, 1.82) is 0 Å². The Morgan fingerprint density at radius 1 is 1.42 bits per heavy atom. The SMILES string of the molecule is CC(Cc1ccccc1)NC(=O)Cc1csc(N)n1. The number of amides is 1. The van der Waals surface area contributed by atoms with Crippen LogP contribution in [0.25, 0.3) is 0 Å². The Balaban J connectivity index is 1.82. The number of nitrogens with zero attached hydrogens (tertiary/aromatic N) is 1. The van der Waals surface area contributed by atoms with E-state index in [1.165, 1.54) is 16.9 Å². The highest BCUT2D eigenvalue weighted by Crippen LogP contribution is 2.11. The highest BCUT2D eigenvalue weighted by Gasteiger charge is 2.10. The van der Waals surface area contributed by atoms with Crippen LogP contribution in [0.2, 0.25) is 0 Å². The molecule has 1 aromatic heterocycles. The van der Waals surface area contributed by atoms with E-state index in [1.54, 1.807) is 0 Å². The van der Waals surface area contributed by atoms with E-state index in [1.807, 2.05) is 30.5 Å². The molecule has 5 heteroatoms. The van der Waals surface area contributed by atoms with Gasteiger partial charge in [0.1, 0.15) is 0 Å². The summed E-state index contributed by atoms with van der Waals surface area (Å²) < 4.78 is 0. The number of carbonyl (C=O) groups is 1. The lowest BCUT2D eigenvalue weighted by Gasteiger charge is -2.13. The van der Waals surface area contributed by atoms with Crippen molar-refractivity contribution in [2.24, 2.45) is 0 Å². The molecule has 0 saturated heterocycles. The molecular formula is C14H17N3OS. The summed E-state index contributed by atoms with van der Waals surface area (Å²) in [5, 5.41) is 5.29. The molecule has 2 aromatic rings. The van der Waals surface area contributed by atoms with E-state index in [2.05, 4.69) is 22.4 Å². The van der Waals surface area contributed by atoms with Crippen molar-refractivity contribution in [3.8, 4) is 0 Å². The Bertz CT molecular complexity index is 539. The average Bonchev–Trinajstić information content (AvgIpc) is 2.75. The van der Waals surface area contributed by atoms with Crippen molar-refractivity contribution in [3.05, 3.63) is 47.0 Å². The summed E-state index contributed by atoms with van der Waals surface area (Å²) in [6.45, 7) is 2.00. The molecule has 0 saturated carbocycles. The van der Waals surface area contributed by atoms with Gasteiger partial charge in [-0.1, -0.05) is 30.3 Å². The van der Waals surface area contributed by atoms with Crippen molar-refractivity contribution in [2.75, 3.05) is 5.73 Å². The van der Waals surface area contributed by atoms with Crippen LogP contribution in [0.1, 0.15) is 18.2 Å². The van der Waals surface area contributed by atoms with Crippen LogP contribution in [0.4, 0.5) is 5.13 Å². The molecule has 0 radical (unpaired) electrons. The minimum absolute atomic E-state index is 0.0197. The fraction of sp³-hybridized carbons (Fsp3) is 0.286. The molecule has 0 spiro atoms. The molecule has 0 fully saturated rings. The highest BCUT2D eigenvalue weighted by molar-refractivity contribution is 7.13. The third-order valence-corrected chi connectivity index (χ3v) is 3.43. The third kappa shape index (κ3) is 4.37. The maximum Gasteiger partial charge on any atom is 0.226 e. The van der Waals surface area contributed by atoms with E-state index in [-0.39, 0.29) is 18.4 Å². The number of nitrogen functional groups attached to an aromatic ring is 1. The standard InChI is InChI=1S/C14H17N3OS/c1-10(7-11-5-3-2-4-6-11)16-13(18)8-12-9-19-14(15)17-12/h2-6,9-10H,7-8H2,1H3,(H2,15,17)(H,16,18). The Kier molecular flexibility index (Phi) is 4.52. The maximum absolute atomic E-state index is 11.8. The highest BCUT2D eigenvalue weighted by atomic mass is 32.1. The van der Waals surface area contributed by atoms with Crippen LogP contribution < -0.4 is 11.1 Å². The van der Waals surface area contributed by atoms with Gasteiger partial charge in [0.25, 0.3) is 0 Å². The van der Waals surface area contributed by atoms with Crippen molar-refractivity contribution in [3.63, 3.8) is 0 Å². The molecule has 4 nitrogen and oxygen atoms in total. The summed E-state index contributed by atoms with van der Waals surface area (Å²) in [6.07, 6.45) is 1.11. The number of carbonyl (C=O) groups excluding carboxylic acids is 1. The number of nitrogens with one attached hydrogen (secondary N) is 1. The number of anilines is 1. The molecule has 1 atom stereocenters. The van der Waals surface area contributed by atoms with Crippen molar-refractivity contribution < 1.29 is 4.79 Å². The molecular weight excluding hydrogens is 258 g/mol. The number of thiazole rings is 1. The number of benzene rings is 1. The summed E-state index contributed by atoms with van der Waals surface area (Å²) in [5.74, 6) is -0.0197. The minimum atomic E-state index is -0.0197. The first-order chi connectivity index (χ1) is 9.13. The van der Waals surface area contributed by atoms with Crippen LogP contribution in [0.3, 0.4) is 0 Å². The van der Waals surface area contributed by atoms with Crippen LogP contribution in [0.15, 0.2) is 35.7 Å². The van der Waals surface area contributed by atoms with Gasteiger partial charge in [-0.2, -0.15) is 0 Å². The molecule has 1 heterocycles. The van der Waals surface area contributed by atoms with E-state index in [0.29, 0.717) is 5.13 Å². The van der Waals surface area contributed by atoms with Gasteiger partial charge in [-0.15, -0.1) is 11.3 Å². The second-order valence-electron chi connectivity index (χ2n) is 4.51. The summed E-state index contributed by atoms with van der Waals surface area (Å²) in [6, 6.07) is 10.2. The van der Waals surface area contributed by atoms with Crippen molar-refractivity contribution in [2.45, 2.75) is 25.8 Å². The molecule has 0 aliphatic heterocycles. The van der Waals surface area contributed by atoms with Gasteiger partial charge < -0.3 is 11.1 Å².